The second kappa shape index (κ2) is 9.71. The highest BCUT2D eigenvalue weighted by atomic mass is 16.5. The first-order valence-corrected chi connectivity index (χ1v) is 14.4. The normalized spacial score (nSPS) is 47.6. The number of ether oxygens (including phenoxy) is 1. The molecule has 0 spiro atoms. The van der Waals surface area contributed by atoms with Gasteiger partial charge in [-0.2, -0.15) is 0 Å². The smallest absolute Gasteiger partial charge is 0.303 e. The Kier molecular flexibility index (Phi) is 7.47. The van der Waals surface area contributed by atoms with Gasteiger partial charge in [-0.1, -0.05) is 44.6 Å². The van der Waals surface area contributed by atoms with Crippen LogP contribution >= 0.6 is 0 Å². The molecule has 4 aliphatic rings. The summed E-state index contributed by atoms with van der Waals surface area (Å²) < 4.78 is 5.95. The number of aliphatic hydroxyl groups is 2. The molecular formula is C32H49NO5. The number of aliphatic hydroxyl groups excluding tert-OH is 2. The van der Waals surface area contributed by atoms with Gasteiger partial charge in [0.25, 0.3) is 0 Å². The van der Waals surface area contributed by atoms with Crippen molar-refractivity contribution in [1.82, 2.24) is 0 Å². The van der Waals surface area contributed by atoms with Crippen LogP contribution in [0.15, 0.2) is 34.9 Å². The monoisotopic (exact) mass is 527 g/mol. The SMILES string of the molecule is CC(=O)O[C@H]1C[C@@]2(C)[C@@H](C[C@@H](O)[C@H]3[C@@]4(C)CC[C@@H](O)[C@](C)(N)[C@@H]4CC[C@@]32C)/C1=C(\C=C/C=C(C)C)C(C)=O. The Morgan fingerprint density at radius 1 is 1.00 bits per heavy atom. The number of nitrogens with two attached hydrogens (primary N) is 1. The quantitative estimate of drug-likeness (QED) is 0.269. The van der Waals surface area contributed by atoms with E-state index in [0.29, 0.717) is 24.8 Å². The van der Waals surface area contributed by atoms with Crippen molar-refractivity contribution in [1.29, 1.82) is 0 Å². The lowest BCUT2D eigenvalue weighted by Gasteiger charge is -2.70. The summed E-state index contributed by atoms with van der Waals surface area (Å²) in [4.78, 5) is 25.3. The van der Waals surface area contributed by atoms with Crippen LogP contribution in [0.1, 0.15) is 93.9 Å². The molecule has 4 fully saturated rings. The van der Waals surface area contributed by atoms with E-state index < -0.39 is 23.9 Å². The third-order valence-corrected chi connectivity index (χ3v) is 11.5. The van der Waals surface area contributed by atoms with Crippen molar-refractivity contribution < 1.29 is 24.5 Å². The largest absolute Gasteiger partial charge is 0.458 e. The van der Waals surface area contributed by atoms with E-state index in [1.807, 2.05) is 39.0 Å². The molecule has 0 saturated heterocycles. The van der Waals surface area contributed by atoms with Crippen molar-refractivity contribution >= 4 is 11.8 Å². The molecule has 0 aromatic rings. The lowest BCUT2D eigenvalue weighted by atomic mass is 9.36. The van der Waals surface area contributed by atoms with Crippen molar-refractivity contribution in [3.05, 3.63) is 34.9 Å². The van der Waals surface area contributed by atoms with E-state index in [4.69, 9.17) is 10.5 Å². The third-order valence-electron chi connectivity index (χ3n) is 11.5. The minimum Gasteiger partial charge on any atom is -0.458 e. The van der Waals surface area contributed by atoms with Gasteiger partial charge in [0.1, 0.15) is 6.10 Å². The maximum atomic E-state index is 13.0. The van der Waals surface area contributed by atoms with Gasteiger partial charge >= 0.3 is 5.97 Å². The molecule has 10 atom stereocenters. The molecule has 0 heterocycles. The second-order valence-corrected chi connectivity index (χ2v) is 14.0. The molecule has 0 unspecified atom stereocenters. The van der Waals surface area contributed by atoms with Crippen LogP contribution in [0.3, 0.4) is 0 Å². The minimum absolute atomic E-state index is 0.00954. The number of hydrogen-bond acceptors (Lipinski definition) is 6. The summed E-state index contributed by atoms with van der Waals surface area (Å²) in [5.41, 5.74) is 7.91. The van der Waals surface area contributed by atoms with Crippen molar-refractivity contribution in [2.75, 3.05) is 0 Å². The van der Waals surface area contributed by atoms with E-state index >= 15 is 0 Å². The number of fused-ring (bicyclic) bond motifs is 5. The molecular weight excluding hydrogens is 478 g/mol. The van der Waals surface area contributed by atoms with Gasteiger partial charge in [-0.15, -0.1) is 0 Å². The zero-order valence-electron chi connectivity index (χ0n) is 24.6. The first-order chi connectivity index (χ1) is 17.5. The molecule has 4 rings (SSSR count). The summed E-state index contributed by atoms with van der Waals surface area (Å²) in [6, 6.07) is 0. The highest BCUT2D eigenvalue weighted by molar-refractivity contribution is 5.97. The highest BCUT2D eigenvalue weighted by Crippen LogP contribution is 2.74. The standard InChI is InChI=1S/C32H49NO5/c1-18(2)10-9-11-21(19(3)34)27-22-16-23(36)28-29(5)14-13-26(37)32(8,33)25(29)12-15-30(28,6)31(22,7)17-24(27)38-20(4)35/h9-11,22-26,28,36-37H,12-17,33H2,1-8H3/b11-9-,27-21-/t22-,23+,24-,25+,26+,28-,29-,30-,31-,32+/m0/s1. The van der Waals surface area contributed by atoms with Crippen LogP contribution < -0.4 is 5.73 Å². The Balaban J connectivity index is 1.87. The average molecular weight is 528 g/mol. The second-order valence-electron chi connectivity index (χ2n) is 14.0. The summed E-state index contributed by atoms with van der Waals surface area (Å²) in [6.45, 7) is 15.9. The Morgan fingerprint density at radius 3 is 2.24 bits per heavy atom. The Bertz CT molecular complexity index is 1080. The molecule has 0 aromatic carbocycles. The third kappa shape index (κ3) is 4.26. The van der Waals surface area contributed by atoms with Crippen LogP contribution in [-0.2, 0) is 14.3 Å². The lowest BCUT2D eigenvalue weighted by molar-refractivity contribution is -0.237. The molecule has 4 N–H and O–H groups in total. The maximum Gasteiger partial charge on any atom is 0.303 e. The molecule has 0 aliphatic heterocycles. The minimum atomic E-state index is -0.704. The van der Waals surface area contributed by atoms with Gasteiger partial charge in [0, 0.05) is 18.0 Å². The van der Waals surface area contributed by atoms with Crippen molar-refractivity contribution in [2.45, 2.75) is 118 Å². The zero-order valence-corrected chi connectivity index (χ0v) is 24.6. The summed E-state index contributed by atoms with van der Waals surface area (Å²) in [5, 5.41) is 22.8. The van der Waals surface area contributed by atoms with Gasteiger partial charge in [0.2, 0.25) is 0 Å². The molecule has 38 heavy (non-hydrogen) atoms. The zero-order chi connectivity index (χ0) is 28.4. The fourth-order valence-electron chi connectivity index (χ4n) is 9.74. The molecule has 0 aromatic heterocycles. The van der Waals surface area contributed by atoms with E-state index in [1.54, 1.807) is 6.92 Å². The molecule has 0 bridgehead atoms. The molecule has 4 saturated carbocycles. The van der Waals surface area contributed by atoms with Crippen LogP contribution in [0.2, 0.25) is 0 Å². The molecule has 6 heteroatoms. The van der Waals surface area contributed by atoms with Crippen LogP contribution in [0.5, 0.6) is 0 Å². The van der Waals surface area contributed by atoms with E-state index in [2.05, 4.69) is 20.8 Å². The van der Waals surface area contributed by atoms with Crippen LogP contribution in [0, 0.1) is 34.0 Å². The average Bonchev–Trinajstić information content (AvgIpc) is 3.05. The summed E-state index contributed by atoms with van der Waals surface area (Å²) in [5.74, 6) is -0.407. The predicted molar refractivity (Wildman–Crippen MR) is 149 cm³/mol. The number of allylic oxidation sites excluding steroid dienone is 5. The first kappa shape index (κ1) is 29.2. The number of hydrogen-bond donors (Lipinski definition) is 3. The Labute approximate surface area is 228 Å². The molecule has 0 amide bonds. The molecule has 4 aliphatic carbocycles. The predicted octanol–water partition coefficient (Wildman–Crippen LogP) is 5.03. The van der Waals surface area contributed by atoms with Gasteiger partial charge in [-0.05, 0) is 106 Å². The topological polar surface area (TPSA) is 110 Å². The van der Waals surface area contributed by atoms with Gasteiger partial charge in [-0.3, -0.25) is 9.59 Å². The molecule has 6 nitrogen and oxygen atoms in total. The molecule has 0 radical (unpaired) electrons. The van der Waals surface area contributed by atoms with E-state index in [9.17, 15) is 19.8 Å². The van der Waals surface area contributed by atoms with Crippen LogP contribution in [0.4, 0.5) is 0 Å². The van der Waals surface area contributed by atoms with E-state index in [1.165, 1.54) is 6.92 Å². The summed E-state index contributed by atoms with van der Waals surface area (Å²) >= 11 is 0. The fourth-order valence-corrected chi connectivity index (χ4v) is 9.74. The first-order valence-electron chi connectivity index (χ1n) is 14.4. The molecule has 212 valence electrons. The number of ketones is 1. The van der Waals surface area contributed by atoms with Crippen molar-refractivity contribution in [3.63, 3.8) is 0 Å². The van der Waals surface area contributed by atoms with E-state index in [0.717, 1.165) is 30.4 Å². The van der Waals surface area contributed by atoms with E-state index in [-0.39, 0.29) is 45.8 Å². The Morgan fingerprint density at radius 2 is 1.66 bits per heavy atom. The van der Waals surface area contributed by atoms with Crippen molar-refractivity contribution in [2.24, 2.45) is 39.7 Å². The highest BCUT2D eigenvalue weighted by Gasteiger charge is 2.71. The van der Waals surface area contributed by atoms with Gasteiger partial charge < -0.3 is 20.7 Å². The fraction of sp³-hybridized carbons (Fsp3) is 0.750. The number of esters is 1. The van der Waals surface area contributed by atoms with Crippen molar-refractivity contribution in [3.8, 4) is 0 Å². The maximum absolute atomic E-state index is 13.0. The summed E-state index contributed by atoms with van der Waals surface area (Å²) in [6.07, 6.45) is 8.42. The number of carbonyl (C=O) groups excluding carboxylic acids is 2. The van der Waals surface area contributed by atoms with Gasteiger partial charge in [0.15, 0.2) is 5.78 Å². The Hall–Kier alpha value is -1.76. The number of Topliss-reactive ketones (excluding diaryl/α,β-unsaturated/α-hetero) is 1. The number of carbonyl (C=O) groups is 2. The van der Waals surface area contributed by atoms with Crippen LogP contribution in [-0.4, -0.2) is 45.8 Å². The number of rotatable bonds is 4. The lowest BCUT2D eigenvalue weighted by Crippen LogP contribution is -2.71. The van der Waals surface area contributed by atoms with Gasteiger partial charge in [-0.25, -0.2) is 0 Å². The van der Waals surface area contributed by atoms with Crippen LogP contribution in [0.25, 0.3) is 0 Å². The van der Waals surface area contributed by atoms with Gasteiger partial charge in [0.05, 0.1) is 12.2 Å². The summed E-state index contributed by atoms with van der Waals surface area (Å²) in [7, 11) is 0.